The molecule has 2 amide bonds. The zero-order valence-electron chi connectivity index (χ0n) is 18.5. The smallest absolute Gasteiger partial charge is 0.543 e. The summed E-state index contributed by atoms with van der Waals surface area (Å²) in [6.45, 7) is -1.28. The van der Waals surface area contributed by atoms with E-state index in [0.29, 0.717) is 11.3 Å². The number of oxime groups is 1. The molecule has 0 aliphatic carbocycles. The summed E-state index contributed by atoms with van der Waals surface area (Å²) in [5.74, 6) is -2.76. The van der Waals surface area contributed by atoms with Gasteiger partial charge in [0.05, 0.1) is 17.4 Å². The Morgan fingerprint density at radius 1 is 1.36 bits per heavy atom. The average molecular weight is 560 g/mol. The van der Waals surface area contributed by atoms with Gasteiger partial charge in [0.15, 0.2) is 10.8 Å². The third-order valence-electron chi connectivity index (χ3n) is 4.71. The van der Waals surface area contributed by atoms with Crippen LogP contribution in [0.4, 0.5) is 9.52 Å². The number of halogens is 1. The Bertz CT molecular complexity index is 1260. The Morgan fingerprint density at radius 3 is 2.78 bits per heavy atom. The van der Waals surface area contributed by atoms with Gasteiger partial charge in [0.1, 0.15) is 17.1 Å². The van der Waals surface area contributed by atoms with Crippen LogP contribution < -0.4 is 45.7 Å². The van der Waals surface area contributed by atoms with E-state index in [1.165, 1.54) is 28.7 Å². The third kappa shape index (κ3) is 6.01. The van der Waals surface area contributed by atoms with E-state index < -0.39 is 36.1 Å². The number of carbonyl (C=O) groups excluding carboxylic acids is 3. The van der Waals surface area contributed by atoms with E-state index in [9.17, 15) is 23.9 Å². The number of thiazole rings is 1. The summed E-state index contributed by atoms with van der Waals surface area (Å²) in [7, 11) is 0. The van der Waals surface area contributed by atoms with E-state index in [2.05, 4.69) is 29.9 Å². The minimum Gasteiger partial charge on any atom is -0.543 e. The van der Waals surface area contributed by atoms with Crippen LogP contribution in [0.2, 0.25) is 0 Å². The first-order valence-corrected chi connectivity index (χ1v) is 12.5. The molecule has 0 spiro atoms. The van der Waals surface area contributed by atoms with Gasteiger partial charge < -0.3 is 25.8 Å². The molecule has 1 saturated heterocycles. The Hall–Kier alpha value is -2.63. The fourth-order valence-corrected chi connectivity index (χ4v) is 5.52. The number of β-lactam (4-membered cyclic amide) rings is 1. The van der Waals surface area contributed by atoms with Crippen LogP contribution in [-0.4, -0.2) is 67.0 Å². The molecule has 182 valence electrons. The SMILES string of the molecule is Nc1nc(/C(=N/OCF)C(=O)N[C@@H]2C(=O)N3C(C(=O)[O-])=C(/C=C/C=C/c4csnn4)CS[C@H]23)cs1.[Na+]. The first-order valence-electron chi connectivity index (χ1n) is 9.69. The number of anilines is 1. The predicted octanol–water partition coefficient (Wildman–Crippen LogP) is -3.10. The van der Waals surface area contributed by atoms with Crippen molar-refractivity contribution in [2.45, 2.75) is 11.4 Å². The molecule has 4 heterocycles. The number of nitrogen functional groups attached to an aromatic ring is 1. The van der Waals surface area contributed by atoms with Crippen LogP contribution in [0.5, 0.6) is 0 Å². The number of aromatic nitrogens is 3. The number of hydrogen-bond donors (Lipinski definition) is 2. The summed E-state index contributed by atoms with van der Waals surface area (Å²) in [6, 6.07) is -1.05. The van der Waals surface area contributed by atoms with E-state index in [-0.39, 0.29) is 57.5 Å². The van der Waals surface area contributed by atoms with Crippen molar-refractivity contribution in [1.82, 2.24) is 24.8 Å². The molecule has 17 heteroatoms. The molecule has 2 atom stereocenters. The Labute approximate surface area is 237 Å². The Kier molecular flexibility index (Phi) is 9.75. The first-order chi connectivity index (χ1) is 16.9. The summed E-state index contributed by atoms with van der Waals surface area (Å²) in [5, 5.41) is 24.3. The van der Waals surface area contributed by atoms with Crippen LogP contribution in [-0.2, 0) is 19.2 Å². The number of carboxylic acid groups (broad SMARTS) is 1. The van der Waals surface area contributed by atoms with Crippen molar-refractivity contribution in [3.8, 4) is 0 Å². The van der Waals surface area contributed by atoms with Crippen LogP contribution in [0, 0.1) is 0 Å². The number of allylic oxidation sites excluding steroid dienone is 3. The van der Waals surface area contributed by atoms with Gasteiger partial charge >= 0.3 is 29.6 Å². The van der Waals surface area contributed by atoms with Crippen LogP contribution in [0.1, 0.15) is 11.4 Å². The quantitative estimate of drug-likeness (QED) is 0.105. The van der Waals surface area contributed by atoms with Crippen molar-refractivity contribution in [2.75, 3.05) is 18.3 Å². The summed E-state index contributed by atoms with van der Waals surface area (Å²) in [4.78, 5) is 46.8. The van der Waals surface area contributed by atoms with Crippen molar-refractivity contribution in [1.29, 1.82) is 0 Å². The van der Waals surface area contributed by atoms with Gasteiger partial charge in [0, 0.05) is 16.5 Å². The van der Waals surface area contributed by atoms with E-state index in [4.69, 9.17) is 5.73 Å². The molecule has 0 aromatic carbocycles. The number of hydrogen-bond acceptors (Lipinski definition) is 13. The van der Waals surface area contributed by atoms with Gasteiger partial charge in [-0.1, -0.05) is 27.9 Å². The Balaban J connectivity index is 0.00000361. The maximum Gasteiger partial charge on any atom is 1.00 e. The summed E-state index contributed by atoms with van der Waals surface area (Å²) in [5.41, 5.74) is 6.01. The molecule has 0 radical (unpaired) electrons. The second-order valence-corrected chi connectivity index (χ2v) is 9.42. The van der Waals surface area contributed by atoms with Crippen molar-refractivity contribution in [2.24, 2.45) is 5.16 Å². The molecule has 2 aromatic rings. The average Bonchev–Trinajstić information content (AvgIpc) is 3.51. The molecule has 0 bridgehead atoms. The molecule has 2 aliphatic rings. The van der Waals surface area contributed by atoms with Crippen LogP contribution in [0.15, 0.2) is 45.4 Å². The zero-order valence-corrected chi connectivity index (χ0v) is 22.9. The number of aliphatic carboxylic acids is 1. The van der Waals surface area contributed by atoms with E-state index in [1.807, 2.05) is 0 Å². The molecular formula is C19H15FN7NaO5S3. The van der Waals surface area contributed by atoms with Crippen molar-refractivity contribution in [3.05, 3.63) is 51.6 Å². The number of fused-ring (bicyclic) bond motifs is 1. The number of nitrogens with one attached hydrogen (secondary N) is 1. The molecule has 36 heavy (non-hydrogen) atoms. The largest absolute Gasteiger partial charge is 1.00 e. The molecule has 2 aromatic heterocycles. The molecule has 12 nitrogen and oxygen atoms in total. The van der Waals surface area contributed by atoms with Gasteiger partial charge in [-0.25, -0.2) is 9.37 Å². The van der Waals surface area contributed by atoms with Crippen LogP contribution in [0.3, 0.4) is 0 Å². The number of carbonyl (C=O) groups is 3. The molecule has 0 saturated carbocycles. The topological polar surface area (TPSA) is 176 Å². The van der Waals surface area contributed by atoms with Gasteiger partial charge in [-0.05, 0) is 23.2 Å². The number of alkyl halides is 1. The fraction of sp³-hybridized carbons (Fsp3) is 0.211. The van der Waals surface area contributed by atoms with Crippen LogP contribution in [0.25, 0.3) is 6.08 Å². The normalized spacial score (nSPS) is 19.8. The van der Waals surface area contributed by atoms with Gasteiger partial charge in [-0.2, -0.15) is 0 Å². The van der Waals surface area contributed by atoms with Crippen molar-refractivity contribution >= 4 is 69.3 Å². The van der Waals surface area contributed by atoms with Gasteiger partial charge in [0.2, 0.25) is 0 Å². The summed E-state index contributed by atoms with van der Waals surface area (Å²) in [6.07, 6.45) is 6.55. The van der Waals surface area contributed by atoms with Crippen molar-refractivity contribution < 1.29 is 58.3 Å². The van der Waals surface area contributed by atoms with Crippen LogP contribution >= 0.6 is 34.6 Å². The molecular weight excluding hydrogens is 544 g/mol. The number of thioether (sulfide) groups is 1. The summed E-state index contributed by atoms with van der Waals surface area (Å²) >= 11 is 3.49. The number of rotatable bonds is 9. The van der Waals surface area contributed by atoms with Gasteiger partial charge in [-0.3, -0.25) is 14.5 Å². The van der Waals surface area contributed by atoms with E-state index >= 15 is 0 Å². The Morgan fingerprint density at radius 2 is 2.14 bits per heavy atom. The fourth-order valence-electron chi connectivity index (χ4n) is 3.23. The monoisotopic (exact) mass is 559 g/mol. The van der Waals surface area contributed by atoms with Crippen molar-refractivity contribution in [3.63, 3.8) is 0 Å². The summed E-state index contributed by atoms with van der Waals surface area (Å²) < 4.78 is 16.2. The second kappa shape index (κ2) is 12.6. The minimum absolute atomic E-state index is 0. The molecule has 3 N–H and O–H groups in total. The van der Waals surface area contributed by atoms with Gasteiger partial charge in [-0.15, -0.1) is 28.2 Å². The molecule has 0 unspecified atom stereocenters. The standard InChI is InChI=1S/C19H16FN7O5S3.Na/c20-8-32-25-12(11-7-34-19(21)22-11)15(28)23-13-16(29)27-14(18(30)31)9(5-33-17(13)27)3-1-2-4-10-6-35-26-24-10;/h1-4,6-7,13,17H,5,8H2,(H2,21,22)(H,23,28)(H,30,31);/q;+1/p-1/b3-1+,4-2+,25-12-;/t13-,17-;/m1./s1. The number of carboxylic acids is 1. The minimum atomic E-state index is -1.52. The zero-order chi connectivity index (χ0) is 24.9. The number of amides is 2. The number of nitrogens with zero attached hydrogens (tertiary/aromatic N) is 5. The predicted molar refractivity (Wildman–Crippen MR) is 125 cm³/mol. The molecule has 2 aliphatic heterocycles. The first kappa shape index (κ1) is 27.9. The van der Waals surface area contributed by atoms with E-state index in [1.54, 1.807) is 29.7 Å². The maximum atomic E-state index is 12.8. The third-order valence-corrected chi connectivity index (χ3v) is 7.21. The maximum absolute atomic E-state index is 12.8. The molecule has 4 rings (SSSR count). The number of nitrogens with two attached hydrogens (primary N) is 1. The molecule has 1 fully saturated rings. The van der Waals surface area contributed by atoms with Gasteiger partial charge in [0.25, 0.3) is 18.7 Å². The van der Waals surface area contributed by atoms with E-state index in [0.717, 1.165) is 16.2 Å². The second-order valence-electron chi connectivity index (χ2n) is 6.82.